The Kier molecular flexibility index (Phi) is 3.52. The fourth-order valence-electron chi connectivity index (χ4n) is 2.41. The molecular formula is C13H19N3O2. The van der Waals surface area contributed by atoms with E-state index in [1.807, 2.05) is 13.8 Å². The number of nitrogens with one attached hydrogen (secondary N) is 2. The van der Waals surface area contributed by atoms with E-state index < -0.39 is 0 Å². The molecule has 0 bridgehead atoms. The zero-order valence-electron chi connectivity index (χ0n) is 11.0. The molecule has 1 saturated heterocycles. The van der Waals surface area contributed by atoms with Gasteiger partial charge in [-0.1, -0.05) is 0 Å². The third-order valence-electron chi connectivity index (χ3n) is 3.35. The maximum absolute atomic E-state index is 12.4. The molecule has 1 aromatic rings. The molecule has 1 aromatic heterocycles. The normalized spacial score (nSPS) is 24.1. The van der Waals surface area contributed by atoms with E-state index in [0.717, 1.165) is 18.8 Å². The molecule has 2 rings (SSSR count). The maximum atomic E-state index is 12.4. The van der Waals surface area contributed by atoms with Crippen LogP contribution in [0.4, 0.5) is 0 Å². The molecular weight excluding hydrogens is 230 g/mol. The monoisotopic (exact) mass is 249 g/mol. The highest BCUT2D eigenvalue weighted by Gasteiger charge is 2.30. The molecule has 1 amide bonds. The SMILES string of the molecule is Cc1ccc(C(=O)N2C(C)CNCC2C)c(=O)[nH]1. The van der Waals surface area contributed by atoms with Gasteiger partial charge in [0.25, 0.3) is 11.5 Å². The molecule has 0 saturated carbocycles. The van der Waals surface area contributed by atoms with Crippen molar-refractivity contribution in [1.82, 2.24) is 15.2 Å². The first-order valence-corrected chi connectivity index (χ1v) is 6.24. The smallest absolute Gasteiger partial charge is 0.260 e. The summed E-state index contributed by atoms with van der Waals surface area (Å²) in [5.74, 6) is -0.183. The summed E-state index contributed by atoms with van der Waals surface area (Å²) in [4.78, 5) is 28.7. The van der Waals surface area contributed by atoms with Crippen molar-refractivity contribution in [3.63, 3.8) is 0 Å². The number of aromatic amines is 1. The quantitative estimate of drug-likeness (QED) is 0.762. The summed E-state index contributed by atoms with van der Waals surface area (Å²) in [6.45, 7) is 7.30. The van der Waals surface area contributed by atoms with Crippen LogP contribution in [0, 0.1) is 6.92 Å². The van der Waals surface area contributed by atoms with Crippen LogP contribution >= 0.6 is 0 Å². The lowest BCUT2D eigenvalue weighted by Crippen LogP contribution is -2.57. The number of hydrogen-bond donors (Lipinski definition) is 2. The van der Waals surface area contributed by atoms with E-state index in [9.17, 15) is 9.59 Å². The van der Waals surface area contributed by atoms with Crippen molar-refractivity contribution < 1.29 is 4.79 Å². The fourth-order valence-corrected chi connectivity index (χ4v) is 2.41. The number of aromatic nitrogens is 1. The van der Waals surface area contributed by atoms with Crippen LogP contribution in [0.15, 0.2) is 16.9 Å². The van der Waals surface area contributed by atoms with Gasteiger partial charge in [0.1, 0.15) is 5.56 Å². The van der Waals surface area contributed by atoms with E-state index in [2.05, 4.69) is 10.3 Å². The second-order valence-electron chi connectivity index (χ2n) is 4.95. The Bertz CT molecular complexity index is 499. The number of carbonyl (C=O) groups excluding carboxylic acids is 1. The number of carbonyl (C=O) groups is 1. The van der Waals surface area contributed by atoms with Gasteiger partial charge in [-0.2, -0.15) is 0 Å². The minimum Gasteiger partial charge on any atom is -0.331 e. The summed E-state index contributed by atoms with van der Waals surface area (Å²) in [7, 11) is 0. The number of H-pyrrole nitrogens is 1. The van der Waals surface area contributed by atoms with Crippen LogP contribution in [0.2, 0.25) is 0 Å². The van der Waals surface area contributed by atoms with Crippen LogP contribution < -0.4 is 10.9 Å². The zero-order valence-corrected chi connectivity index (χ0v) is 11.0. The van der Waals surface area contributed by atoms with Gasteiger partial charge in [-0.15, -0.1) is 0 Å². The van der Waals surface area contributed by atoms with Crippen LogP contribution in [0.5, 0.6) is 0 Å². The Morgan fingerprint density at radius 1 is 1.28 bits per heavy atom. The summed E-state index contributed by atoms with van der Waals surface area (Å²) < 4.78 is 0. The summed E-state index contributed by atoms with van der Waals surface area (Å²) in [6, 6.07) is 3.56. The van der Waals surface area contributed by atoms with Gasteiger partial charge in [0.15, 0.2) is 0 Å². The van der Waals surface area contributed by atoms with Gasteiger partial charge in [-0.25, -0.2) is 0 Å². The lowest BCUT2D eigenvalue weighted by atomic mass is 10.1. The second-order valence-corrected chi connectivity index (χ2v) is 4.95. The number of piperazine rings is 1. The van der Waals surface area contributed by atoms with E-state index in [1.165, 1.54) is 0 Å². The van der Waals surface area contributed by atoms with Crippen molar-refractivity contribution in [3.05, 3.63) is 33.7 Å². The van der Waals surface area contributed by atoms with E-state index in [4.69, 9.17) is 0 Å². The standard InChI is InChI=1S/C13H19N3O2/c1-8-4-5-11(12(17)15-8)13(18)16-9(2)6-14-7-10(16)3/h4-5,9-10,14H,6-7H2,1-3H3,(H,15,17). The predicted molar refractivity (Wildman–Crippen MR) is 69.8 cm³/mol. The first-order chi connectivity index (χ1) is 8.50. The van der Waals surface area contributed by atoms with Crippen LogP contribution in [-0.4, -0.2) is 41.0 Å². The van der Waals surface area contributed by atoms with Crippen molar-refractivity contribution in [2.75, 3.05) is 13.1 Å². The molecule has 0 aliphatic carbocycles. The number of nitrogens with zero attached hydrogens (tertiary/aromatic N) is 1. The van der Waals surface area contributed by atoms with Gasteiger partial charge >= 0.3 is 0 Å². The number of hydrogen-bond acceptors (Lipinski definition) is 3. The summed E-state index contributed by atoms with van der Waals surface area (Å²) >= 11 is 0. The molecule has 0 radical (unpaired) electrons. The Hall–Kier alpha value is -1.62. The van der Waals surface area contributed by atoms with Gasteiger partial charge in [0, 0.05) is 30.9 Å². The Balaban J connectivity index is 2.32. The highest BCUT2D eigenvalue weighted by Crippen LogP contribution is 2.13. The molecule has 18 heavy (non-hydrogen) atoms. The minimum absolute atomic E-state index is 0.0990. The first kappa shape index (κ1) is 12.8. The average molecular weight is 249 g/mol. The zero-order chi connectivity index (χ0) is 13.3. The van der Waals surface area contributed by atoms with Crippen LogP contribution in [0.25, 0.3) is 0 Å². The Labute approximate surface area is 106 Å². The van der Waals surface area contributed by atoms with Crippen molar-refractivity contribution in [3.8, 4) is 0 Å². The predicted octanol–water partition coefficient (Wildman–Crippen LogP) is 0.506. The molecule has 98 valence electrons. The molecule has 1 aliphatic rings. The molecule has 5 nitrogen and oxygen atoms in total. The summed E-state index contributed by atoms with van der Waals surface area (Å²) in [6.07, 6.45) is 0. The number of pyridine rings is 1. The number of rotatable bonds is 1. The molecule has 2 atom stereocenters. The molecule has 0 spiro atoms. The number of aryl methyl sites for hydroxylation is 1. The topological polar surface area (TPSA) is 65.2 Å². The van der Waals surface area contributed by atoms with E-state index in [0.29, 0.717) is 0 Å². The molecule has 0 aromatic carbocycles. The highest BCUT2D eigenvalue weighted by atomic mass is 16.2. The summed E-state index contributed by atoms with van der Waals surface area (Å²) in [5.41, 5.74) is 0.678. The third-order valence-corrected chi connectivity index (χ3v) is 3.35. The summed E-state index contributed by atoms with van der Waals surface area (Å²) in [5, 5.41) is 3.26. The lowest BCUT2D eigenvalue weighted by Gasteiger charge is -2.39. The third kappa shape index (κ3) is 2.31. The van der Waals surface area contributed by atoms with Crippen LogP contribution in [0.3, 0.4) is 0 Å². The van der Waals surface area contributed by atoms with Crippen LogP contribution in [-0.2, 0) is 0 Å². The molecule has 2 unspecified atom stereocenters. The van der Waals surface area contributed by atoms with Crippen molar-refractivity contribution in [1.29, 1.82) is 0 Å². The number of amides is 1. The van der Waals surface area contributed by atoms with E-state index >= 15 is 0 Å². The van der Waals surface area contributed by atoms with E-state index in [-0.39, 0.29) is 29.1 Å². The highest BCUT2D eigenvalue weighted by molar-refractivity contribution is 5.94. The fraction of sp³-hybridized carbons (Fsp3) is 0.538. The molecule has 2 N–H and O–H groups in total. The molecule has 1 fully saturated rings. The lowest BCUT2D eigenvalue weighted by molar-refractivity contribution is 0.0542. The molecule has 1 aliphatic heterocycles. The van der Waals surface area contributed by atoms with Gasteiger partial charge in [0.2, 0.25) is 0 Å². The van der Waals surface area contributed by atoms with Gasteiger partial charge in [0.05, 0.1) is 0 Å². The minimum atomic E-state index is -0.307. The van der Waals surface area contributed by atoms with Crippen molar-refractivity contribution in [2.45, 2.75) is 32.9 Å². The Morgan fingerprint density at radius 2 is 1.89 bits per heavy atom. The largest absolute Gasteiger partial charge is 0.331 e. The van der Waals surface area contributed by atoms with Gasteiger partial charge in [-0.05, 0) is 32.9 Å². The van der Waals surface area contributed by atoms with Gasteiger partial charge in [-0.3, -0.25) is 9.59 Å². The maximum Gasteiger partial charge on any atom is 0.260 e. The van der Waals surface area contributed by atoms with Crippen LogP contribution in [0.1, 0.15) is 29.9 Å². The average Bonchev–Trinajstić information content (AvgIpc) is 2.28. The second kappa shape index (κ2) is 4.94. The van der Waals surface area contributed by atoms with Gasteiger partial charge < -0.3 is 15.2 Å². The van der Waals surface area contributed by atoms with E-state index in [1.54, 1.807) is 24.0 Å². The Morgan fingerprint density at radius 3 is 2.44 bits per heavy atom. The van der Waals surface area contributed by atoms with Crippen molar-refractivity contribution in [2.24, 2.45) is 0 Å². The first-order valence-electron chi connectivity index (χ1n) is 6.24. The van der Waals surface area contributed by atoms with Crippen molar-refractivity contribution >= 4 is 5.91 Å². The molecule has 2 heterocycles. The molecule has 5 heteroatoms.